The number of rotatable bonds is 8. The molecule has 1 heterocycles. The molecule has 2 aromatic rings. The predicted molar refractivity (Wildman–Crippen MR) is 109 cm³/mol. The first-order valence-corrected chi connectivity index (χ1v) is 9.96. The van der Waals surface area contributed by atoms with Crippen LogP contribution in [-0.4, -0.2) is 31.7 Å². The summed E-state index contributed by atoms with van der Waals surface area (Å²) in [5.41, 5.74) is 3.36. The van der Waals surface area contributed by atoms with Crippen molar-refractivity contribution in [2.45, 2.75) is 79.1 Å². The molecule has 0 saturated heterocycles. The van der Waals surface area contributed by atoms with Gasteiger partial charge in [-0.1, -0.05) is 30.3 Å². The monoisotopic (exact) mass is 387 g/mol. The van der Waals surface area contributed by atoms with Crippen molar-refractivity contribution in [1.29, 1.82) is 0 Å². The summed E-state index contributed by atoms with van der Waals surface area (Å²) in [6.07, 6.45) is 3.42. The van der Waals surface area contributed by atoms with Crippen LogP contribution in [0.3, 0.4) is 0 Å². The molecule has 2 rings (SSSR count). The van der Waals surface area contributed by atoms with E-state index in [2.05, 4.69) is 10.3 Å². The number of ether oxygens (including phenoxy) is 1. The Morgan fingerprint density at radius 3 is 2.61 bits per heavy atom. The van der Waals surface area contributed by atoms with Crippen molar-refractivity contribution >= 4 is 5.97 Å². The van der Waals surface area contributed by atoms with Crippen molar-refractivity contribution in [3.05, 3.63) is 46.8 Å². The van der Waals surface area contributed by atoms with E-state index in [1.54, 1.807) is 4.68 Å². The van der Waals surface area contributed by atoms with E-state index < -0.39 is 5.60 Å². The lowest BCUT2D eigenvalue weighted by Crippen LogP contribution is -2.30. The second-order valence-electron chi connectivity index (χ2n) is 8.38. The van der Waals surface area contributed by atoms with E-state index in [4.69, 9.17) is 4.74 Å². The molecule has 0 bridgehead atoms. The van der Waals surface area contributed by atoms with Gasteiger partial charge in [0.15, 0.2) is 0 Å². The number of aliphatic hydroxyl groups is 1. The fourth-order valence-electron chi connectivity index (χ4n) is 3.27. The molecule has 28 heavy (non-hydrogen) atoms. The van der Waals surface area contributed by atoms with Crippen LogP contribution in [-0.2, 0) is 29.1 Å². The van der Waals surface area contributed by atoms with Crippen molar-refractivity contribution in [1.82, 2.24) is 15.0 Å². The lowest BCUT2D eigenvalue weighted by atomic mass is 9.82. The van der Waals surface area contributed by atoms with Gasteiger partial charge in [-0.15, -0.1) is 5.10 Å². The first kappa shape index (κ1) is 22.1. The molecule has 0 radical (unpaired) electrons. The summed E-state index contributed by atoms with van der Waals surface area (Å²) < 4.78 is 7.44. The molecular weight excluding hydrogens is 354 g/mol. The Bertz CT molecular complexity index is 793. The molecule has 6 nitrogen and oxygen atoms in total. The molecule has 0 aliphatic rings. The largest absolute Gasteiger partial charge is 0.460 e. The first-order valence-electron chi connectivity index (χ1n) is 9.96. The molecular formula is C22H33N3O3. The average molecular weight is 388 g/mol. The fraction of sp³-hybridized carbons (Fsp3) is 0.591. The van der Waals surface area contributed by atoms with E-state index in [0.29, 0.717) is 0 Å². The Morgan fingerprint density at radius 1 is 1.32 bits per heavy atom. The molecule has 2 unspecified atom stereocenters. The Kier molecular flexibility index (Phi) is 7.35. The van der Waals surface area contributed by atoms with Crippen LogP contribution in [0.25, 0.3) is 0 Å². The number of esters is 1. The zero-order chi connectivity index (χ0) is 20.9. The number of hydrogen-bond acceptors (Lipinski definition) is 5. The summed E-state index contributed by atoms with van der Waals surface area (Å²) in [4.78, 5) is 12.8. The van der Waals surface area contributed by atoms with Crippen molar-refractivity contribution in [2.75, 3.05) is 0 Å². The van der Waals surface area contributed by atoms with Crippen LogP contribution >= 0.6 is 0 Å². The van der Waals surface area contributed by atoms with Gasteiger partial charge in [0.05, 0.1) is 18.2 Å². The van der Waals surface area contributed by atoms with E-state index in [0.717, 1.165) is 41.8 Å². The number of aromatic nitrogens is 3. The molecule has 0 fully saturated rings. The molecule has 0 aliphatic heterocycles. The maximum atomic E-state index is 12.8. The summed E-state index contributed by atoms with van der Waals surface area (Å²) in [6, 6.07) is 6.05. The number of carbonyl (C=O) groups is 1. The summed E-state index contributed by atoms with van der Waals surface area (Å²) in [5, 5.41) is 18.0. The maximum Gasteiger partial charge on any atom is 0.309 e. The summed E-state index contributed by atoms with van der Waals surface area (Å²) in [7, 11) is 0. The Labute approximate surface area is 167 Å². The molecule has 0 amide bonds. The highest BCUT2D eigenvalue weighted by atomic mass is 16.6. The second-order valence-corrected chi connectivity index (χ2v) is 8.38. The number of aliphatic hydroxyl groups excluding tert-OH is 1. The van der Waals surface area contributed by atoms with E-state index in [-0.39, 0.29) is 24.4 Å². The van der Waals surface area contributed by atoms with Gasteiger partial charge in [-0.3, -0.25) is 9.48 Å². The molecule has 1 aromatic carbocycles. The van der Waals surface area contributed by atoms with Gasteiger partial charge in [0.1, 0.15) is 5.60 Å². The third kappa shape index (κ3) is 5.89. The number of hydrogen-bond donors (Lipinski definition) is 1. The van der Waals surface area contributed by atoms with Gasteiger partial charge in [-0.05, 0) is 70.1 Å². The molecule has 0 saturated carbocycles. The maximum absolute atomic E-state index is 12.8. The van der Waals surface area contributed by atoms with Gasteiger partial charge in [0.25, 0.3) is 0 Å². The summed E-state index contributed by atoms with van der Waals surface area (Å²) in [5.74, 6) is -0.553. The number of nitrogens with zero attached hydrogens (tertiary/aromatic N) is 3. The second kappa shape index (κ2) is 9.32. The van der Waals surface area contributed by atoms with E-state index in [1.165, 1.54) is 0 Å². The minimum absolute atomic E-state index is 0.0158. The minimum Gasteiger partial charge on any atom is -0.460 e. The molecule has 2 atom stereocenters. The third-order valence-electron chi connectivity index (χ3n) is 4.98. The molecule has 0 spiro atoms. The topological polar surface area (TPSA) is 77.2 Å². The van der Waals surface area contributed by atoms with E-state index in [1.807, 2.05) is 65.9 Å². The SMILES string of the molecule is CCn1cc(CCC(c2ccc(C)c(CO)c2)C(C)C(=O)OC(C)(C)C)nn1. The minimum atomic E-state index is -0.525. The number of aryl methyl sites for hydroxylation is 3. The zero-order valence-corrected chi connectivity index (χ0v) is 17.9. The summed E-state index contributed by atoms with van der Waals surface area (Å²) >= 11 is 0. The van der Waals surface area contributed by atoms with Gasteiger partial charge < -0.3 is 9.84 Å². The molecule has 1 aromatic heterocycles. The Balaban J connectivity index is 2.27. The highest BCUT2D eigenvalue weighted by molar-refractivity contribution is 5.73. The Hall–Kier alpha value is -2.21. The zero-order valence-electron chi connectivity index (χ0n) is 17.9. The van der Waals surface area contributed by atoms with Crippen LogP contribution in [0.4, 0.5) is 0 Å². The Morgan fingerprint density at radius 2 is 2.04 bits per heavy atom. The van der Waals surface area contributed by atoms with Crippen molar-refractivity contribution < 1.29 is 14.6 Å². The lowest BCUT2D eigenvalue weighted by molar-refractivity contribution is -0.160. The first-order chi connectivity index (χ1) is 13.1. The van der Waals surface area contributed by atoms with Crippen molar-refractivity contribution in [2.24, 2.45) is 5.92 Å². The number of benzene rings is 1. The van der Waals surface area contributed by atoms with Crippen LogP contribution in [0.5, 0.6) is 0 Å². The van der Waals surface area contributed by atoms with Crippen LogP contribution < -0.4 is 0 Å². The normalized spacial score (nSPS) is 14.0. The highest BCUT2D eigenvalue weighted by Crippen LogP contribution is 2.32. The lowest BCUT2D eigenvalue weighted by Gasteiger charge is -2.27. The van der Waals surface area contributed by atoms with E-state index in [9.17, 15) is 9.90 Å². The highest BCUT2D eigenvalue weighted by Gasteiger charge is 2.30. The standard InChI is InChI=1S/C22H33N3O3/c1-7-25-13-19(23-24-25)10-11-20(16(3)21(27)28-22(4,5)6)17-9-8-15(2)18(12-17)14-26/h8-9,12-13,16,20,26H,7,10-11,14H2,1-6H3. The smallest absolute Gasteiger partial charge is 0.309 e. The van der Waals surface area contributed by atoms with Gasteiger partial charge >= 0.3 is 5.97 Å². The number of carbonyl (C=O) groups excluding carboxylic acids is 1. The van der Waals surface area contributed by atoms with Crippen molar-refractivity contribution in [3.63, 3.8) is 0 Å². The molecule has 0 aliphatic carbocycles. The molecule has 1 N–H and O–H groups in total. The van der Waals surface area contributed by atoms with Gasteiger partial charge in [0.2, 0.25) is 0 Å². The van der Waals surface area contributed by atoms with Crippen LogP contribution in [0.2, 0.25) is 0 Å². The fourth-order valence-corrected chi connectivity index (χ4v) is 3.27. The van der Waals surface area contributed by atoms with Gasteiger partial charge in [-0.2, -0.15) is 0 Å². The third-order valence-corrected chi connectivity index (χ3v) is 4.98. The quantitative estimate of drug-likeness (QED) is 0.697. The molecule has 154 valence electrons. The van der Waals surface area contributed by atoms with Crippen LogP contribution in [0.1, 0.15) is 69.3 Å². The summed E-state index contributed by atoms with van der Waals surface area (Å²) in [6.45, 7) is 12.3. The van der Waals surface area contributed by atoms with Gasteiger partial charge in [-0.25, -0.2) is 0 Å². The van der Waals surface area contributed by atoms with Crippen LogP contribution in [0, 0.1) is 12.8 Å². The van der Waals surface area contributed by atoms with Gasteiger partial charge in [0, 0.05) is 12.7 Å². The van der Waals surface area contributed by atoms with Crippen molar-refractivity contribution in [3.8, 4) is 0 Å². The van der Waals surface area contributed by atoms with Crippen LogP contribution in [0.15, 0.2) is 24.4 Å². The molecule has 6 heteroatoms. The predicted octanol–water partition coefficient (Wildman–Crippen LogP) is 3.79. The van der Waals surface area contributed by atoms with E-state index >= 15 is 0 Å². The average Bonchev–Trinajstić information content (AvgIpc) is 3.09.